The molecule has 2 fully saturated rings. The summed E-state index contributed by atoms with van der Waals surface area (Å²) in [5.74, 6) is 0.224. The fourth-order valence-electron chi connectivity index (χ4n) is 1.89. The molecule has 0 spiro atoms. The number of carbonyl (C=O) groups excluding carboxylic acids is 1. The van der Waals surface area contributed by atoms with E-state index in [2.05, 4.69) is 0 Å². The Hall–Kier alpha value is -0.410. The van der Waals surface area contributed by atoms with E-state index >= 15 is 0 Å². The first-order valence-electron chi connectivity index (χ1n) is 4.06. The van der Waals surface area contributed by atoms with Gasteiger partial charge in [-0.2, -0.15) is 0 Å². The SMILES string of the molecule is O=C1CC[C@]2(O)CCO[C@H]2C1. The molecule has 0 radical (unpaired) electrons. The van der Waals surface area contributed by atoms with Crippen LogP contribution in [0.25, 0.3) is 0 Å². The molecule has 1 saturated heterocycles. The van der Waals surface area contributed by atoms with E-state index < -0.39 is 5.60 Å². The molecule has 0 aromatic carbocycles. The molecule has 0 amide bonds. The lowest BCUT2D eigenvalue weighted by Crippen LogP contribution is -2.43. The van der Waals surface area contributed by atoms with Crippen LogP contribution < -0.4 is 0 Å². The second kappa shape index (κ2) is 2.29. The molecule has 1 saturated carbocycles. The van der Waals surface area contributed by atoms with Crippen LogP contribution in [0.3, 0.4) is 0 Å². The van der Waals surface area contributed by atoms with Crippen molar-refractivity contribution in [2.24, 2.45) is 0 Å². The van der Waals surface area contributed by atoms with Gasteiger partial charge in [-0.25, -0.2) is 0 Å². The maximum absolute atomic E-state index is 11.0. The summed E-state index contributed by atoms with van der Waals surface area (Å²) in [6.45, 7) is 0.606. The number of carbonyl (C=O) groups is 1. The van der Waals surface area contributed by atoms with Crippen molar-refractivity contribution in [1.82, 2.24) is 0 Å². The fraction of sp³-hybridized carbons (Fsp3) is 0.875. The molecule has 1 N–H and O–H groups in total. The summed E-state index contributed by atoms with van der Waals surface area (Å²) in [6.07, 6.45) is 2.03. The van der Waals surface area contributed by atoms with Gasteiger partial charge in [-0.3, -0.25) is 4.79 Å². The number of hydrogen-bond donors (Lipinski definition) is 1. The molecule has 1 aliphatic heterocycles. The van der Waals surface area contributed by atoms with Crippen molar-refractivity contribution < 1.29 is 14.6 Å². The van der Waals surface area contributed by atoms with Crippen molar-refractivity contribution >= 4 is 5.78 Å². The van der Waals surface area contributed by atoms with Crippen LogP contribution in [-0.4, -0.2) is 29.2 Å². The van der Waals surface area contributed by atoms with Gasteiger partial charge in [0.05, 0.1) is 11.7 Å². The molecule has 62 valence electrons. The normalized spacial score (nSPS) is 44.1. The Morgan fingerprint density at radius 3 is 3.18 bits per heavy atom. The number of rotatable bonds is 0. The fourth-order valence-corrected chi connectivity index (χ4v) is 1.89. The van der Waals surface area contributed by atoms with Gasteiger partial charge in [0.15, 0.2) is 0 Å². The zero-order chi connectivity index (χ0) is 7.90. The predicted octanol–water partition coefficient (Wildman–Crippen LogP) is 0.259. The van der Waals surface area contributed by atoms with Crippen molar-refractivity contribution in [2.75, 3.05) is 6.61 Å². The summed E-state index contributed by atoms with van der Waals surface area (Å²) >= 11 is 0. The monoisotopic (exact) mass is 156 g/mol. The molecule has 1 heterocycles. The predicted molar refractivity (Wildman–Crippen MR) is 38.2 cm³/mol. The van der Waals surface area contributed by atoms with E-state index in [1.807, 2.05) is 0 Å². The van der Waals surface area contributed by atoms with E-state index in [0.717, 1.165) is 0 Å². The molecule has 3 heteroatoms. The van der Waals surface area contributed by atoms with E-state index in [1.165, 1.54) is 0 Å². The smallest absolute Gasteiger partial charge is 0.135 e. The summed E-state index contributed by atoms with van der Waals surface area (Å²) < 4.78 is 5.26. The minimum Gasteiger partial charge on any atom is -0.387 e. The third-order valence-electron chi connectivity index (χ3n) is 2.70. The molecule has 0 bridgehead atoms. The average molecular weight is 156 g/mol. The number of fused-ring (bicyclic) bond motifs is 1. The Morgan fingerprint density at radius 2 is 2.36 bits per heavy atom. The first-order chi connectivity index (χ1) is 5.21. The van der Waals surface area contributed by atoms with Gasteiger partial charge in [0.25, 0.3) is 0 Å². The molecule has 2 atom stereocenters. The maximum atomic E-state index is 11.0. The highest BCUT2D eigenvalue weighted by atomic mass is 16.5. The van der Waals surface area contributed by atoms with E-state index in [-0.39, 0.29) is 11.9 Å². The highest BCUT2D eigenvalue weighted by molar-refractivity contribution is 5.80. The second-order valence-electron chi connectivity index (χ2n) is 3.46. The largest absolute Gasteiger partial charge is 0.387 e. The molecule has 0 unspecified atom stereocenters. The molecule has 0 aromatic rings. The third-order valence-corrected chi connectivity index (χ3v) is 2.70. The second-order valence-corrected chi connectivity index (χ2v) is 3.46. The Bertz CT molecular complexity index is 190. The van der Waals surface area contributed by atoms with Gasteiger partial charge in [-0.15, -0.1) is 0 Å². The Kier molecular flexibility index (Phi) is 1.51. The van der Waals surface area contributed by atoms with E-state index in [9.17, 15) is 9.90 Å². The molecular formula is C8H12O3. The van der Waals surface area contributed by atoms with Gasteiger partial charge in [-0.05, 0) is 6.42 Å². The lowest BCUT2D eigenvalue weighted by Gasteiger charge is -2.31. The Balaban J connectivity index is 2.14. The van der Waals surface area contributed by atoms with E-state index in [4.69, 9.17) is 4.74 Å². The van der Waals surface area contributed by atoms with Crippen LogP contribution in [0.5, 0.6) is 0 Å². The van der Waals surface area contributed by atoms with Gasteiger partial charge >= 0.3 is 0 Å². The highest BCUT2D eigenvalue weighted by Crippen LogP contribution is 2.36. The molecule has 2 aliphatic rings. The van der Waals surface area contributed by atoms with E-state index in [0.29, 0.717) is 32.3 Å². The average Bonchev–Trinajstić information content (AvgIpc) is 2.31. The zero-order valence-electron chi connectivity index (χ0n) is 6.38. The summed E-state index contributed by atoms with van der Waals surface area (Å²) in [4.78, 5) is 11.0. The molecule has 3 nitrogen and oxygen atoms in total. The number of Topliss-reactive ketones (excluding diaryl/α,β-unsaturated/α-hetero) is 1. The number of ether oxygens (including phenoxy) is 1. The summed E-state index contributed by atoms with van der Waals surface area (Å²) in [5.41, 5.74) is -0.673. The standard InChI is InChI=1S/C8H12O3/c9-6-1-2-8(10)3-4-11-7(8)5-6/h7,10H,1-5H2/t7-,8-/m0/s1. The van der Waals surface area contributed by atoms with Gasteiger partial charge < -0.3 is 9.84 Å². The lowest BCUT2D eigenvalue weighted by molar-refractivity contribution is -0.133. The number of hydrogen-bond acceptors (Lipinski definition) is 3. The number of ketones is 1. The van der Waals surface area contributed by atoms with Crippen molar-refractivity contribution in [3.63, 3.8) is 0 Å². The van der Waals surface area contributed by atoms with Gasteiger partial charge in [-0.1, -0.05) is 0 Å². The van der Waals surface area contributed by atoms with Crippen molar-refractivity contribution in [3.05, 3.63) is 0 Å². The molecule has 2 rings (SSSR count). The first kappa shape index (κ1) is 7.25. The summed E-state index contributed by atoms with van der Waals surface area (Å²) in [6, 6.07) is 0. The van der Waals surface area contributed by atoms with Crippen LogP contribution in [0.4, 0.5) is 0 Å². The molecule has 11 heavy (non-hydrogen) atoms. The minimum atomic E-state index is -0.673. The van der Waals surface area contributed by atoms with Crippen LogP contribution in [0.15, 0.2) is 0 Å². The van der Waals surface area contributed by atoms with Crippen molar-refractivity contribution in [3.8, 4) is 0 Å². The molecule has 0 aromatic heterocycles. The Labute approximate surface area is 65.4 Å². The van der Waals surface area contributed by atoms with Crippen LogP contribution in [0.1, 0.15) is 25.7 Å². The van der Waals surface area contributed by atoms with Gasteiger partial charge in [0, 0.05) is 25.9 Å². The maximum Gasteiger partial charge on any atom is 0.135 e. The third kappa shape index (κ3) is 1.08. The number of aliphatic hydroxyl groups is 1. The molecular weight excluding hydrogens is 144 g/mol. The van der Waals surface area contributed by atoms with Crippen LogP contribution in [-0.2, 0) is 9.53 Å². The van der Waals surface area contributed by atoms with Crippen LogP contribution >= 0.6 is 0 Å². The van der Waals surface area contributed by atoms with Gasteiger partial charge in [0.2, 0.25) is 0 Å². The van der Waals surface area contributed by atoms with Crippen LogP contribution in [0.2, 0.25) is 0 Å². The lowest BCUT2D eigenvalue weighted by atomic mass is 9.81. The van der Waals surface area contributed by atoms with Crippen LogP contribution in [0, 0.1) is 0 Å². The summed E-state index contributed by atoms with van der Waals surface area (Å²) in [7, 11) is 0. The zero-order valence-corrected chi connectivity index (χ0v) is 6.38. The molecule has 1 aliphatic carbocycles. The van der Waals surface area contributed by atoms with Gasteiger partial charge in [0.1, 0.15) is 5.78 Å². The van der Waals surface area contributed by atoms with E-state index in [1.54, 1.807) is 0 Å². The Morgan fingerprint density at radius 1 is 1.55 bits per heavy atom. The highest BCUT2D eigenvalue weighted by Gasteiger charge is 2.46. The van der Waals surface area contributed by atoms with Crippen molar-refractivity contribution in [1.29, 1.82) is 0 Å². The quantitative estimate of drug-likeness (QED) is 0.547. The van der Waals surface area contributed by atoms with Crippen molar-refractivity contribution in [2.45, 2.75) is 37.4 Å². The summed E-state index contributed by atoms with van der Waals surface area (Å²) in [5, 5.41) is 9.85. The topological polar surface area (TPSA) is 46.5 Å². The first-order valence-corrected chi connectivity index (χ1v) is 4.06. The minimum absolute atomic E-state index is 0.205.